The number of carbonyl (C=O) groups excluding carboxylic acids is 1. The first-order valence-electron chi connectivity index (χ1n) is 5.96. The van der Waals surface area contributed by atoms with Gasteiger partial charge in [-0.25, -0.2) is 8.42 Å². The quantitative estimate of drug-likeness (QED) is 0.843. The zero-order valence-electron chi connectivity index (χ0n) is 11.4. The summed E-state index contributed by atoms with van der Waals surface area (Å²) in [7, 11) is -3.35. The number of aryl methyl sites for hydroxylation is 1. The third-order valence-electron chi connectivity index (χ3n) is 2.81. The number of Topliss-reactive ketones (excluding diaryl/α,β-unsaturated/α-hetero) is 1. The van der Waals surface area contributed by atoms with Crippen molar-refractivity contribution in [2.75, 3.05) is 5.75 Å². The van der Waals surface area contributed by atoms with Gasteiger partial charge < -0.3 is 0 Å². The van der Waals surface area contributed by atoms with Crippen molar-refractivity contribution in [2.45, 2.75) is 39.0 Å². The van der Waals surface area contributed by atoms with Gasteiger partial charge in [-0.2, -0.15) is 0 Å². The summed E-state index contributed by atoms with van der Waals surface area (Å²) in [4.78, 5) is 12.0. The zero-order valence-corrected chi connectivity index (χ0v) is 12.2. The van der Waals surface area contributed by atoms with Crippen LogP contribution in [0.25, 0.3) is 0 Å². The molecule has 100 valence electrons. The lowest BCUT2D eigenvalue weighted by Gasteiger charge is -2.16. The van der Waals surface area contributed by atoms with E-state index in [1.807, 2.05) is 6.92 Å². The largest absolute Gasteiger partial charge is 0.299 e. The predicted octanol–water partition coefficient (Wildman–Crippen LogP) is 2.77. The molecular weight excluding hydrogens is 248 g/mol. The Morgan fingerprint density at radius 2 is 1.61 bits per heavy atom. The van der Waals surface area contributed by atoms with Gasteiger partial charge in [-0.05, 0) is 19.1 Å². The molecular formula is C14H20O3S. The van der Waals surface area contributed by atoms with Crippen LogP contribution < -0.4 is 0 Å². The normalized spacial score (nSPS) is 12.4. The molecule has 18 heavy (non-hydrogen) atoms. The lowest BCUT2D eigenvalue weighted by atomic mass is 9.89. The number of rotatable bonds is 4. The highest BCUT2D eigenvalue weighted by molar-refractivity contribution is 7.91. The first-order valence-corrected chi connectivity index (χ1v) is 7.61. The van der Waals surface area contributed by atoms with Gasteiger partial charge >= 0.3 is 0 Å². The van der Waals surface area contributed by atoms with E-state index in [1.165, 1.54) is 0 Å². The number of sulfone groups is 1. The van der Waals surface area contributed by atoms with Gasteiger partial charge in [-0.1, -0.05) is 38.5 Å². The molecule has 0 saturated heterocycles. The highest BCUT2D eigenvalue weighted by Gasteiger charge is 2.24. The van der Waals surface area contributed by atoms with E-state index in [2.05, 4.69) is 0 Å². The molecule has 0 unspecified atom stereocenters. The Balaban J connectivity index is 2.78. The van der Waals surface area contributed by atoms with Gasteiger partial charge in [0.05, 0.1) is 10.6 Å². The Morgan fingerprint density at radius 1 is 1.11 bits per heavy atom. The molecule has 0 amide bonds. The smallest absolute Gasteiger partial charge is 0.178 e. The minimum absolute atomic E-state index is 0.0295. The van der Waals surface area contributed by atoms with E-state index >= 15 is 0 Å². The monoisotopic (exact) mass is 268 g/mol. The van der Waals surface area contributed by atoms with Crippen LogP contribution in [0.1, 0.15) is 32.8 Å². The molecule has 1 rings (SSSR count). The standard InChI is InChI=1S/C14H20O3S/c1-11-5-7-12(8-6-11)18(16,17)10-9-13(15)14(2,3)4/h5-8H,9-10H2,1-4H3. The maximum Gasteiger partial charge on any atom is 0.178 e. The highest BCUT2D eigenvalue weighted by atomic mass is 32.2. The van der Waals surface area contributed by atoms with Crippen molar-refractivity contribution in [1.29, 1.82) is 0 Å². The van der Waals surface area contributed by atoms with Gasteiger partial charge in [0, 0.05) is 11.8 Å². The van der Waals surface area contributed by atoms with Crippen molar-refractivity contribution < 1.29 is 13.2 Å². The third kappa shape index (κ3) is 3.95. The van der Waals surface area contributed by atoms with Gasteiger partial charge in [0.1, 0.15) is 5.78 Å². The van der Waals surface area contributed by atoms with Crippen molar-refractivity contribution >= 4 is 15.6 Å². The number of ketones is 1. The highest BCUT2D eigenvalue weighted by Crippen LogP contribution is 2.19. The molecule has 4 heteroatoms. The van der Waals surface area contributed by atoms with Crippen LogP contribution in [-0.4, -0.2) is 20.0 Å². The van der Waals surface area contributed by atoms with Crippen molar-refractivity contribution in [3.05, 3.63) is 29.8 Å². The Kier molecular flexibility index (Phi) is 4.32. The van der Waals surface area contributed by atoms with Crippen molar-refractivity contribution in [3.8, 4) is 0 Å². The molecule has 0 atom stereocenters. The van der Waals surface area contributed by atoms with Crippen LogP contribution in [0.4, 0.5) is 0 Å². The van der Waals surface area contributed by atoms with Crippen molar-refractivity contribution in [2.24, 2.45) is 5.41 Å². The fraction of sp³-hybridized carbons (Fsp3) is 0.500. The molecule has 1 aromatic rings. The van der Waals surface area contributed by atoms with E-state index in [-0.39, 0.29) is 22.9 Å². The number of benzene rings is 1. The molecule has 3 nitrogen and oxygen atoms in total. The van der Waals surface area contributed by atoms with Crippen LogP contribution in [0, 0.1) is 12.3 Å². The molecule has 1 aromatic carbocycles. The molecule has 0 aliphatic carbocycles. The molecule has 0 aromatic heterocycles. The fourth-order valence-electron chi connectivity index (χ4n) is 1.47. The topological polar surface area (TPSA) is 51.2 Å². The number of carbonyl (C=O) groups is 1. The van der Waals surface area contributed by atoms with E-state index in [0.717, 1.165) is 5.56 Å². The van der Waals surface area contributed by atoms with Gasteiger partial charge in [0.2, 0.25) is 0 Å². The van der Waals surface area contributed by atoms with Crippen molar-refractivity contribution in [3.63, 3.8) is 0 Å². The maximum atomic E-state index is 12.0. The van der Waals surface area contributed by atoms with Crippen LogP contribution in [0.3, 0.4) is 0 Å². The van der Waals surface area contributed by atoms with E-state index in [4.69, 9.17) is 0 Å². The summed E-state index contributed by atoms with van der Waals surface area (Å²) in [6.07, 6.45) is 0.0692. The molecule has 0 spiro atoms. The molecule has 0 N–H and O–H groups in total. The minimum atomic E-state index is -3.35. The van der Waals surface area contributed by atoms with Gasteiger partial charge in [-0.3, -0.25) is 4.79 Å². The zero-order chi connectivity index (χ0) is 14.0. The Morgan fingerprint density at radius 3 is 2.06 bits per heavy atom. The molecule has 0 bridgehead atoms. The van der Waals surface area contributed by atoms with E-state index < -0.39 is 15.3 Å². The third-order valence-corrected chi connectivity index (χ3v) is 4.55. The van der Waals surface area contributed by atoms with Crippen molar-refractivity contribution in [1.82, 2.24) is 0 Å². The summed E-state index contributed by atoms with van der Waals surface area (Å²) in [5, 5.41) is 0. The Labute approximate surface area is 109 Å². The maximum absolute atomic E-state index is 12.0. The Bertz CT molecular complexity index is 519. The van der Waals surface area contributed by atoms with Gasteiger partial charge in [-0.15, -0.1) is 0 Å². The Hall–Kier alpha value is -1.16. The average Bonchev–Trinajstić information content (AvgIpc) is 2.25. The summed E-state index contributed by atoms with van der Waals surface area (Å²) in [6.45, 7) is 7.30. The fourth-order valence-corrected chi connectivity index (χ4v) is 2.71. The lowest BCUT2D eigenvalue weighted by Crippen LogP contribution is -2.23. The van der Waals surface area contributed by atoms with Gasteiger partial charge in [0.25, 0.3) is 0 Å². The molecule has 0 radical (unpaired) electrons. The molecule has 0 aliphatic rings. The van der Waals surface area contributed by atoms with Crippen LogP contribution in [0.2, 0.25) is 0 Å². The molecule has 0 fully saturated rings. The summed E-state index contributed by atoms with van der Waals surface area (Å²) in [6, 6.07) is 6.70. The second-order valence-electron chi connectivity index (χ2n) is 5.56. The number of hydrogen-bond donors (Lipinski definition) is 0. The first-order chi connectivity index (χ1) is 8.13. The first kappa shape index (κ1) is 14.9. The summed E-state index contributed by atoms with van der Waals surface area (Å²) in [5.41, 5.74) is 0.530. The summed E-state index contributed by atoms with van der Waals surface area (Å²) >= 11 is 0. The van der Waals surface area contributed by atoms with Crippen LogP contribution in [-0.2, 0) is 14.6 Å². The molecule has 0 aliphatic heterocycles. The van der Waals surface area contributed by atoms with Crippen LogP contribution in [0.15, 0.2) is 29.2 Å². The minimum Gasteiger partial charge on any atom is -0.299 e. The van der Waals surface area contributed by atoms with Crippen LogP contribution >= 0.6 is 0 Å². The second-order valence-corrected chi connectivity index (χ2v) is 7.66. The lowest BCUT2D eigenvalue weighted by molar-refractivity contribution is -0.125. The molecule has 0 heterocycles. The van der Waals surface area contributed by atoms with Crippen LogP contribution in [0.5, 0.6) is 0 Å². The number of hydrogen-bond acceptors (Lipinski definition) is 3. The molecule has 0 saturated carbocycles. The van der Waals surface area contributed by atoms with E-state index in [1.54, 1.807) is 45.0 Å². The van der Waals surface area contributed by atoms with E-state index in [0.29, 0.717) is 0 Å². The summed E-state index contributed by atoms with van der Waals surface area (Å²) < 4.78 is 24.0. The second kappa shape index (κ2) is 5.22. The predicted molar refractivity (Wildman–Crippen MR) is 72.3 cm³/mol. The van der Waals surface area contributed by atoms with E-state index in [9.17, 15) is 13.2 Å². The SMILES string of the molecule is Cc1ccc(S(=O)(=O)CCC(=O)C(C)(C)C)cc1. The summed E-state index contributed by atoms with van der Waals surface area (Å²) in [5.74, 6) is -0.148. The van der Waals surface area contributed by atoms with Gasteiger partial charge in [0.15, 0.2) is 9.84 Å². The average molecular weight is 268 g/mol.